The molecule has 0 spiro atoms. The van der Waals surface area contributed by atoms with E-state index >= 15 is 0 Å². The minimum absolute atomic E-state index is 0.0183. The lowest BCUT2D eigenvalue weighted by Crippen LogP contribution is -2.53. The monoisotopic (exact) mass is 595 g/mol. The summed E-state index contributed by atoms with van der Waals surface area (Å²) in [5, 5.41) is 3.54. The molecule has 0 unspecified atom stereocenters. The van der Waals surface area contributed by atoms with Crippen LogP contribution in [0.3, 0.4) is 0 Å². The maximum Gasteiger partial charge on any atom is 0.264 e. The Kier molecular flexibility index (Phi) is 10.1. The average Bonchev–Trinajstić information content (AvgIpc) is 2.95. The van der Waals surface area contributed by atoms with Crippen molar-refractivity contribution in [2.24, 2.45) is 0 Å². The van der Waals surface area contributed by atoms with Gasteiger partial charge in [-0.15, -0.1) is 0 Å². The van der Waals surface area contributed by atoms with Crippen LogP contribution in [0.25, 0.3) is 0 Å². The molecule has 0 saturated heterocycles. The molecule has 218 valence electrons. The standard InChI is InChI=1S/C32H38ClN3O4S/c1-23-10-9-15-29(20-23)36(41(39,40)30-18-16-27(33)17-19-30)22-31(37)35(21-26-12-8-7-11-24(26)2)25(3)32(38)34-28-13-5-4-6-14-28/h7-12,15-20,25,28H,4-6,13-14,21-22H2,1-3H3,(H,34,38)/t25-/m1/s1. The second kappa shape index (κ2) is 13.5. The van der Waals surface area contributed by atoms with Gasteiger partial charge in [0.15, 0.2) is 0 Å². The van der Waals surface area contributed by atoms with Crippen LogP contribution in [0.2, 0.25) is 5.02 Å². The Morgan fingerprint density at radius 3 is 2.29 bits per heavy atom. The van der Waals surface area contributed by atoms with Crippen molar-refractivity contribution in [2.45, 2.75) is 76.4 Å². The third kappa shape index (κ3) is 7.68. The molecule has 0 bridgehead atoms. The lowest BCUT2D eigenvalue weighted by atomic mass is 9.95. The van der Waals surface area contributed by atoms with E-state index in [0.29, 0.717) is 10.7 Å². The number of amides is 2. The number of carbonyl (C=O) groups excluding carboxylic acids is 2. The van der Waals surface area contributed by atoms with Gasteiger partial charge in [0.05, 0.1) is 10.6 Å². The zero-order chi connectivity index (χ0) is 29.6. The Hall–Kier alpha value is -3.36. The normalized spacial score (nSPS) is 14.7. The topological polar surface area (TPSA) is 86.8 Å². The first-order valence-electron chi connectivity index (χ1n) is 14.1. The predicted octanol–water partition coefficient (Wildman–Crippen LogP) is 6.02. The fourth-order valence-corrected chi connectivity index (χ4v) is 6.70. The maximum atomic E-state index is 14.1. The summed E-state index contributed by atoms with van der Waals surface area (Å²) >= 11 is 6.02. The van der Waals surface area contributed by atoms with Crippen molar-refractivity contribution in [1.29, 1.82) is 0 Å². The highest BCUT2D eigenvalue weighted by molar-refractivity contribution is 7.92. The highest BCUT2D eigenvalue weighted by atomic mass is 35.5. The zero-order valence-corrected chi connectivity index (χ0v) is 25.4. The number of hydrogen-bond acceptors (Lipinski definition) is 4. The molecule has 1 saturated carbocycles. The molecule has 1 aliphatic rings. The SMILES string of the molecule is Cc1cccc(N(CC(=O)N(Cc2ccccc2C)[C@H](C)C(=O)NC2CCCCC2)S(=O)(=O)c2ccc(Cl)cc2)c1. The molecule has 0 heterocycles. The molecule has 9 heteroatoms. The molecule has 1 fully saturated rings. The molecule has 1 N–H and O–H groups in total. The van der Waals surface area contributed by atoms with Gasteiger partial charge in [-0.2, -0.15) is 0 Å². The number of halogens is 1. The van der Waals surface area contributed by atoms with Crippen molar-refractivity contribution in [1.82, 2.24) is 10.2 Å². The summed E-state index contributed by atoms with van der Waals surface area (Å²) in [5.74, 6) is -0.708. The minimum Gasteiger partial charge on any atom is -0.352 e. The minimum atomic E-state index is -4.14. The number of rotatable bonds is 10. The molecule has 0 aromatic heterocycles. The van der Waals surface area contributed by atoms with Gasteiger partial charge in [-0.25, -0.2) is 8.42 Å². The summed E-state index contributed by atoms with van der Waals surface area (Å²) in [6.45, 7) is 5.23. The van der Waals surface area contributed by atoms with Gasteiger partial charge in [0, 0.05) is 17.6 Å². The first kappa shape index (κ1) is 30.6. The molecule has 3 aromatic carbocycles. The van der Waals surface area contributed by atoms with Crippen LogP contribution in [0.5, 0.6) is 0 Å². The quantitative estimate of drug-likeness (QED) is 0.311. The molecule has 1 aliphatic carbocycles. The molecule has 0 radical (unpaired) electrons. The largest absolute Gasteiger partial charge is 0.352 e. The van der Waals surface area contributed by atoms with Gasteiger partial charge in [-0.3, -0.25) is 13.9 Å². The first-order chi connectivity index (χ1) is 19.6. The number of sulfonamides is 1. The Balaban J connectivity index is 1.68. The number of benzene rings is 3. The van der Waals surface area contributed by atoms with Crippen LogP contribution in [0.1, 0.15) is 55.7 Å². The maximum absolute atomic E-state index is 14.1. The summed E-state index contributed by atoms with van der Waals surface area (Å²) in [5.41, 5.74) is 3.09. The van der Waals surface area contributed by atoms with Gasteiger partial charge >= 0.3 is 0 Å². The molecule has 1 atom stereocenters. The van der Waals surface area contributed by atoms with Gasteiger partial charge in [0.2, 0.25) is 11.8 Å². The van der Waals surface area contributed by atoms with E-state index in [1.807, 2.05) is 44.2 Å². The number of hydrogen-bond donors (Lipinski definition) is 1. The third-order valence-electron chi connectivity index (χ3n) is 7.69. The van der Waals surface area contributed by atoms with E-state index in [1.165, 1.54) is 29.2 Å². The highest BCUT2D eigenvalue weighted by Gasteiger charge is 2.33. The Morgan fingerprint density at radius 1 is 0.951 bits per heavy atom. The van der Waals surface area contributed by atoms with Gasteiger partial charge in [-0.1, -0.05) is 67.3 Å². The highest BCUT2D eigenvalue weighted by Crippen LogP contribution is 2.27. The van der Waals surface area contributed by atoms with Crippen LogP contribution < -0.4 is 9.62 Å². The molecule has 4 rings (SSSR count). The van der Waals surface area contributed by atoms with Crippen molar-refractivity contribution < 1.29 is 18.0 Å². The van der Waals surface area contributed by atoms with Gasteiger partial charge < -0.3 is 10.2 Å². The van der Waals surface area contributed by atoms with Crippen molar-refractivity contribution in [2.75, 3.05) is 10.8 Å². The van der Waals surface area contributed by atoms with Crippen molar-refractivity contribution in [3.05, 3.63) is 94.5 Å². The zero-order valence-electron chi connectivity index (χ0n) is 23.8. The number of nitrogens with zero attached hydrogens (tertiary/aromatic N) is 2. The summed E-state index contributed by atoms with van der Waals surface area (Å²) in [6, 6.07) is 19.8. The second-order valence-electron chi connectivity index (χ2n) is 10.8. The van der Waals surface area contributed by atoms with Crippen molar-refractivity contribution in [3.63, 3.8) is 0 Å². The van der Waals surface area contributed by atoms with Crippen molar-refractivity contribution in [3.8, 4) is 0 Å². The van der Waals surface area contributed by atoms with E-state index in [1.54, 1.807) is 25.1 Å². The summed E-state index contributed by atoms with van der Waals surface area (Å²) in [4.78, 5) is 29.1. The molecule has 41 heavy (non-hydrogen) atoms. The van der Waals surface area contributed by atoms with E-state index in [4.69, 9.17) is 11.6 Å². The first-order valence-corrected chi connectivity index (χ1v) is 15.9. The second-order valence-corrected chi connectivity index (χ2v) is 13.1. The van der Waals surface area contributed by atoms with Crippen LogP contribution in [0, 0.1) is 13.8 Å². The number of aryl methyl sites for hydroxylation is 2. The van der Waals surface area contributed by atoms with E-state index in [9.17, 15) is 18.0 Å². The van der Waals surface area contributed by atoms with Gasteiger partial charge in [0.1, 0.15) is 12.6 Å². The lowest BCUT2D eigenvalue weighted by molar-refractivity contribution is -0.139. The van der Waals surface area contributed by atoms with Crippen LogP contribution in [-0.2, 0) is 26.2 Å². The van der Waals surface area contributed by atoms with E-state index in [0.717, 1.165) is 53.1 Å². The third-order valence-corrected chi connectivity index (χ3v) is 9.73. The summed E-state index contributed by atoms with van der Waals surface area (Å²) in [7, 11) is -4.14. The molecule has 2 amide bonds. The Morgan fingerprint density at radius 2 is 1.63 bits per heavy atom. The molecule has 0 aliphatic heterocycles. The van der Waals surface area contributed by atoms with Gasteiger partial charge in [-0.05, 0) is 86.7 Å². The van der Waals surface area contributed by atoms with Crippen LogP contribution in [-0.4, -0.2) is 43.8 Å². The Labute approximate surface area is 248 Å². The fraction of sp³-hybridized carbons (Fsp3) is 0.375. The van der Waals surface area contributed by atoms with E-state index in [-0.39, 0.29) is 23.4 Å². The van der Waals surface area contributed by atoms with E-state index in [2.05, 4.69) is 5.32 Å². The summed E-state index contributed by atoms with van der Waals surface area (Å²) in [6.07, 6.45) is 5.14. The summed E-state index contributed by atoms with van der Waals surface area (Å²) < 4.78 is 29.0. The van der Waals surface area contributed by atoms with Crippen LogP contribution in [0.15, 0.2) is 77.7 Å². The Bertz CT molecular complexity index is 1470. The molecular weight excluding hydrogens is 558 g/mol. The molecular formula is C32H38ClN3O4S. The average molecular weight is 596 g/mol. The van der Waals surface area contributed by atoms with Crippen LogP contribution in [0.4, 0.5) is 5.69 Å². The van der Waals surface area contributed by atoms with Crippen LogP contribution >= 0.6 is 11.6 Å². The number of anilines is 1. The molecule has 7 nitrogen and oxygen atoms in total. The predicted molar refractivity (Wildman–Crippen MR) is 163 cm³/mol. The smallest absolute Gasteiger partial charge is 0.264 e. The lowest BCUT2D eigenvalue weighted by Gasteiger charge is -2.33. The number of carbonyl (C=O) groups is 2. The number of nitrogens with one attached hydrogen (secondary N) is 1. The van der Waals surface area contributed by atoms with Gasteiger partial charge in [0.25, 0.3) is 10.0 Å². The van der Waals surface area contributed by atoms with Crippen molar-refractivity contribution >= 4 is 39.1 Å². The molecule has 3 aromatic rings. The fourth-order valence-electron chi connectivity index (χ4n) is 5.17. The van der Waals surface area contributed by atoms with E-state index < -0.39 is 28.5 Å².